The molecule has 0 aliphatic heterocycles. The Morgan fingerprint density at radius 1 is 1.14 bits per heavy atom. The second-order valence-electron chi connectivity index (χ2n) is 4.65. The summed E-state index contributed by atoms with van der Waals surface area (Å²) >= 11 is 1.35. The monoisotopic (exact) mass is 335 g/mol. The molecule has 0 N–H and O–H groups in total. The Kier molecular flexibility index (Phi) is 4.08. The fourth-order valence-electron chi connectivity index (χ4n) is 1.83. The molecule has 0 unspecified atom stereocenters. The Morgan fingerprint density at radius 3 is 2.59 bits per heavy atom. The number of benzene rings is 1. The molecule has 3 rings (SSSR count). The largest absolute Gasteiger partial charge is 0.449 e. The minimum Gasteiger partial charge on any atom is -0.449 e. The minimum absolute atomic E-state index is 0.0273. The van der Waals surface area contributed by atoms with Gasteiger partial charge in [0.1, 0.15) is 17.7 Å². The van der Waals surface area contributed by atoms with E-state index in [1.807, 2.05) is 30.3 Å². The number of nitrogens with zero attached hydrogens (tertiary/aromatic N) is 1. The van der Waals surface area contributed by atoms with Crippen molar-refractivity contribution in [3.63, 3.8) is 0 Å². The third-order valence-corrected chi connectivity index (χ3v) is 4.71. The molecule has 1 aromatic carbocycles. The molecule has 0 saturated heterocycles. The fraction of sp³-hybridized carbons (Fsp3) is 0.133. The van der Waals surface area contributed by atoms with E-state index in [1.54, 1.807) is 12.3 Å². The Balaban J connectivity index is 1.68. The summed E-state index contributed by atoms with van der Waals surface area (Å²) in [5, 5.41) is 0.483. The molecule has 0 spiro atoms. The van der Waals surface area contributed by atoms with Crippen molar-refractivity contribution in [2.24, 2.45) is 0 Å². The minimum atomic E-state index is -3.31. The first-order chi connectivity index (χ1) is 10.5. The van der Waals surface area contributed by atoms with E-state index in [-0.39, 0.29) is 5.09 Å². The van der Waals surface area contributed by atoms with Crippen molar-refractivity contribution in [3.05, 3.63) is 54.5 Å². The quantitative estimate of drug-likeness (QED) is 0.663. The zero-order valence-corrected chi connectivity index (χ0v) is 13.4. The Hall–Kier alpha value is -1.99. The van der Waals surface area contributed by atoms with Crippen molar-refractivity contribution < 1.29 is 17.3 Å². The lowest BCUT2D eigenvalue weighted by molar-refractivity contribution is 0.425. The lowest BCUT2D eigenvalue weighted by Gasteiger charge is -1.94. The van der Waals surface area contributed by atoms with Gasteiger partial charge < -0.3 is 8.83 Å². The molecular weight excluding hydrogens is 322 g/mol. The number of aromatic nitrogens is 1. The second-order valence-corrected chi connectivity index (χ2v) is 7.52. The van der Waals surface area contributed by atoms with Crippen molar-refractivity contribution in [1.82, 2.24) is 4.98 Å². The van der Waals surface area contributed by atoms with Crippen LogP contribution >= 0.6 is 11.8 Å². The van der Waals surface area contributed by atoms with Gasteiger partial charge in [-0.25, -0.2) is 13.4 Å². The first kappa shape index (κ1) is 14.9. The molecule has 7 heteroatoms. The van der Waals surface area contributed by atoms with E-state index in [9.17, 15) is 8.42 Å². The van der Waals surface area contributed by atoms with E-state index in [1.165, 1.54) is 17.8 Å². The van der Waals surface area contributed by atoms with Gasteiger partial charge in [-0.2, -0.15) is 0 Å². The van der Waals surface area contributed by atoms with Gasteiger partial charge in [0.15, 0.2) is 0 Å². The maximum Gasteiger partial charge on any atom is 0.256 e. The van der Waals surface area contributed by atoms with Crippen LogP contribution in [0.2, 0.25) is 0 Å². The van der Waals surface area contributed by atoms with Crippen LogP contribution in [0.15, 0.2) is 67.9 Å². The maximum atomic E-state index is 11.3. The van der Waals surface area contributed by atoms with Crippen LogP contribution in [0.1, 0.15) is 5.76 Å². The Labute approximate surface area is 132 Å². The van der Waals surface area contributed by atoms with Gasteiger partial charge in [0, 0.05) is 11.8 Å². The topological polar surface area (TPSA) is 73.3 Å². The van der Waals surface area contributed by atoms with Gasteiger partial charge in [0.2, 0.25) is 14.9 Å². The summed E-state index contributed by atoms with van der Waals surface area (Å²) in [7, 11) is -3.31. The van der Waals surface area contributed by atoms with E-state index in [4.69, 9.17) is 8.83 Å². The summed E-state index contributed by atoms with van der Waals surface area (Å²) in [5.41, 5.74) is 1.75. The van der Waals surface area contributed by atoms with Crippen molar-refractivity contribution in [2.75, 3.05) is 6.26 Å². The van der Waals surface area contributed by atoms with E-state index < -0.39 is 9.84 Å². The van der Waals surface area contributed by atoms with Gasteiger partial charge >= 0.3 is 0 Å². The van der Waals surface area contributed by atoms with Crippen LogP contribution in [-0.4, -0.2) is 19.7 Å². The summed E-state index contributed by atoms with van der Waals surface area (Å²) in [6.45, 7) is 0. The highest BCUT2D eigenvalue weighted by atomic mass is 32.2. The summed E-state index contributed by atoms with van der Waals surface area (Å²) in [4.78, 5) is 4.39. The molecule has 2 aromatic heterocycles. The Morgan fingerprint density at radius 2 is 1.91 bits per heavy atom. The number of oxazole rings is 1. The molecule has 22 heavy (non-hydrogen) atoms. The molecule has 0 bridgehead atoms. The molecule has 5 nitrogen and oxygen atoms in total. The van der Waals surface area contributed by atoms with Gasteiger partial charge in [0.05, 0.1) is 5.75 Å². The number of furan rings is 1. The summed E-state index contributed by atoms with van der Waals surface area (Å²) in [6.07, 6.45) is 2.71. The highest BCUT2D eigenvalue weighted by Gasteiger charge is 2.13. The van der Waals surface area contributed by atoms with Crippen LogP contribution in [0.3, 0.4) is 0 Å². The van der Waals surface area contributed by atoms with Crippen LogP contribution in [-0.2, 0) is 15.6 Å². The number of thioether (sulfide) groups is 1. The molecular formula is C15H13NO4S2. The molecule has 0 saturated carbocycles. The number of hydrogen-bond donors (Lipinski definition) is 0. The molecule has 0 amide bonds. The predicted octanol–water partition coefficient (Wildman–Crippen LogP) is 3.63. The lowest BCUT2D eigenvalue weighted by Crippen LogP contribution is -1.93. The summed E-state index contributed by atoms with van der Waals surface area (Å²) in [5.74, 6) is 1.01. The van der Waals surface area contributed by atoms with Gasteiger partial charge in [0.25, 0.3) is 5.22 Å². The highest BCUT2D eigenvalue weighted by Crippen LogP contribution is 2.27. The number of rotatable bonds is 5. The van der Waals surface area contributed by atoms with Crippen molar-refractivity contribution >= 4 is 21.6 Å². The molecule has 0 aliphatic carbocycles. The smallest absolute Gasteiger partial charge is 0.256 e. The fourth-order valence-corrected chi connectivity index (χ4v) is 3.11. The molecule has 114 valence electrons. The molecule has 3 aromatic rings. The third-order valence-electron chi connectivity index (χ3n) is 2.89. The van der Waals surface area contributed by atoms with Crippen LogP contribution < -0.4 is 0 Å². The summed E-state index contributed by atoms with van der Waals surface area (Å²) < 4.78 is 33.4. The van der Waals surface area contributed by atoms with E-state index in [2.05, 4.69) is 4.98 Å². The van der Waals surface area contributed by atoms with Gasteiger partial charge in [-0.1, -0.05) is 42.1 Å². The van der Waals surface area contributed by atoms with Crippen LogP contribution in [0, 0.1) is 0 Å². The highest BCUT2D eigenvalue weighted by molar-refractivity contribution is 7.98. The normalized spacial score (nSPS) is 11.7. The van der Waals surface area contributed by atoms with Crippen molar-refractivity contribution in [3.8, 4) is 11.3 Å². The van der Waals surface area contributed by atoms with E-state index in [0.29, 0.717) is 16.7 Å². The number of sulfone groups is 1. The van der Waals surface area contributed by atoms with E-state index in [0.717, 1.165) is 17.5 Å². The molecule has 0 radical (unpaired) electrons. The maximum absolute atomic E-state index is 11.3. The number of hydrogen-bond acceptors (Lipinski definition) is 6. The average Bonchev–Trinajstić information content (AvgIpc) is 3.15. The third kappa shape index (κ3) is 3.42. The van der Waals surface area contributed by atoms with Gasteiger partial charge in [-0.15, -0.1) is 0 Å². The average molecular weight is 335 g/mol. The standard InChI is InChI=1S/C15H13NO4S2/c1-22(17,18)14-8-7-12(20-14)10-21-15-16-13(9-19-15)11-5-3-2-4-6-11/h2-9H,10H2,1H3. The van der Waals surface area contributed by atoms with Crippen LogP contribution in [0.5, 0.6) is 0 Å². The molecule has 0 fully saturated rings. The molecule has 0 aliphatic rings. The SMILES string of the molecule is CS(=O)(=O)c1ccc(CSc2nc(-c3ccccc3)co2)o1. The van der Waals surface area contributed by atoms with Crippen molar-refractivity contribution in [2.45, 2.75) is 16.1 Å². The van der Waals surface area contributed by atoms with Crippen LogP contribution in [0.25, 0.3) is 11.3 Å². The molecule has 2 heterocycles. The molecule has 0 atom stereocenters. The van der Waals surface area contributed by atoms with Crippen molar-refractivity contribution in [1.29, 1.82) is 0 Å². The van der Waals surface area contributed by atoms with Gasteiger partial charge in [-0.3, -0.25) is 0 Å². The first-order valence-electron chi connectivity index (χ1n) is 6.45. The van der Waals surface area contributed by atoms with E-state index >= 15 is 0 Å². The predicted molar refractivity (Wildman–Crippen MR) is 83.3 cm³/mol. The zero-order valence-electron chi connectivity index (χ0n) is 11.7. The zero-order chi connectivity index (χ0) is 15.6. The first-order valence-corrected chi connectivity index (χ1v) is 9.32. The Bertz CT molecular complexity index is 866. The van der Waals surface area contributed by atoms with Gasteiger partial charge in [-0.05, 0) is 12.1 Å². The lowest BCUT2D eigenvalue weighted by atomic mass is 10.2. The summed E-state index contributed by atoms with van der Waals surface area (Å²) in [6, 6.07) is 12.8. The second kappa shape index (κ2) is 6.02. The van der Waals surface area contributed by atoms with Crippen LogP contribution in [0.4, 0.5) is 0 Å².